The summed E-state index contributed by atoms with van der Waals surface area (Å²) in [6.07, 6.45) is 4.92. The van der Waals surface area contributed by atoms with Crippen LogP contribution in [0.25, 0.3) is 0 Å². The molecule has 86 valence electrons. The summed E-state index contributed by atoms with van der Waals surface area (Å²) < 4.78 is 4.77. The number of rotatable bonds is 8. The van der Waals surface area contributed by atoms with Gasteiger partial charge in [-0.15, -0.1) is 12.4 Å². The lowest BCUT2D eigenvalue weighted by Crippen LogP contribution is -2.25. The van der Waals surface area contributed by atoms with E-state index in [1.54, 1.807) is 0 Å². The number of ether oxygens (including phenoxy) is 1. The smallest absolute Gasteiger partial charge is 0.319 e. The van der Waals surface area contributed by atoms with Crippen molar-refractivity contribution < 1.29 is 9.53 Å². The van der Waals surface area contributed by atoms with Gasteiger partial charge in [-0.2, -0.15) is 0 Å². The summed E-state index contributed by atoms with van der Waals surface area (Å²) >= 11 is 0. The lowest BCUT2D eigenvalue weighted by atomic mass is 10.2. The Morgan fingerprint density at radius 2 is 1.93 bits per heavy atom. The maximum Gasteiger partial charge on any atom is 0.319 e. The van der Waals surface area contributed by atoms with Gasteiger partial charge in [-0.25, -0.2) is 0 Å². The molecule has 0 saturated carbocycles. The van der Waals surface area contributed by atoms with Gasteiger partial charge in [0.25, 0.3) is 0 Å². The van der Waals surface area contributed by atoms with Gasteiger partial charge in [0.15, 0.2) is 0 Å². The van der Waals surface area contributed by atoms with Crippen LogP contribution < -0.4 is 5.32 Å². The Labute approximate surface area is 93.0 Å². The normalized spacial score (nSPS) is 9.29. The average molecular weight is 224 g/mol. The van der Waals surface area contributed by atoms with Crippen molar-refractivity contribution in [1.29, 1.82) is 0 Å². The summed E-state index contributed by atoms with van der Waals surface area (Å²) in [5.41, 5.74) is 0. The van der Waals surface area contributed by atoms with E-state index >= 15 is 0 Å². The minimum absolute atomic E-state index is 0. The van der Waals surface area contributed by atoms with Gasteiger partial charge in [0, 0.05) is 0 Å². The van der Waals surface area contributed by atoms with Crippen molar-refractivity contribution in [2.45, 2.75) is 39.5 Å². The standard InChI is InChI=1S/C10H21NO2.ClH/c1-3-5-6-7-8-11-9-10(12)13-4-2;/h11H,3-9H2,1-2H3;1H. The second kappa shape index (κ2) is 12.7. The zero-order valence-corrected chi connectivity index (χ0v) is 9.99. The number of nitrogens with one attached hydrogen (secondary N) is 1. The van der Waals surface area contributed by atoms with E-state index in [0.717, 1.165) is 13.0 Å². The zero-order valence-electron chi connectivity index (χ0n) is 9.17. The van der Waals surface area contributed by atoms with Crippen LogP contribution in [-0.4, -0.2) is 25.7 Å². The van der Waals surface area contributed by atoms with Gasteiger partial charge >= 0.3 is 5.97 Å². The third kappa shape index (κ3) is 11.7. The Bertz CT molecular complexity index is 131. The SMILES string of the molecule is CCCCCCNCC(=O)OCC.Cl. The monoisotopic (exact) mass is 223 g/mol. The number of hydrogen-bond donors (Lipinski definition) is 1. The molecule has 1 N–H and O–H groups in total. The molecule has 0 heterocycles. The van der Waals surface area contributed by atoms with E-state index in [0.29, 0.717) is 13.2 Å². The predicted octanol–water partition coefficient (Wildman–Crippen LogP) is 2.14. The van der Waals surface area contributed by atoms with Gasteiger partial charge in [0.1, 0.15) is 0 Å². The summed E-state index contributed by atoms with van der Waals surface area (Å²) in [6.45, 7) is 5.74. The molecule has 14 heavy (non-hydrogen) atoms. The molecule has 0 atom stereocenters. The molecule has 0 saturated heterocycles. The quantitative estimate of drug-likeness (QED) is 0.506. The van der Waals surface area contributed by atoms with Gasteiger partial charge in [-0.3, -0.25) is 4.79 Å². The molecule has 0 aromatic heterocycles. The fourth-order valence-electron chi connectivity index (χ4n) is 1.08. The van der Waals surface area contributed by atoms with Crippen molar-refractivity contribution in [2.75, 3.05) is 19.7 Å². The first-order chi connectivity index (χ1) is 6.31. The molecule has 0 aliphatic rings. The zero-order chi connectivity index (χ0) is 9.94. The molecule has 0 spiro atoms. The van der Waals surface area contributed by atoms with Crippen molar-refractivity contribution in [3.63, 3.8) is 0 Å². The Morgan fingerprint density at radius 3 is 2.50 bits per heavy atom. The van der Waals surface area contributed by atoms with E-state index in [2.05, 4.69) is 12.2 Å². The molecule has 0 rings (SSSR count). The Kier molecular flexibility index (Phi) is 14.7. The third-order valence-corrected chi connectivity index (χ3v) is 1.78. The second-order valence-corrected chi connectivity index (χ2v) is 3.04. The number of esters is 1. The van der Waals surface area contributed by atoms with Crippen LogP contribution in [0.15, 0.2) is 0 Å². The molecule has 4 heteroatoms. The van der Waals surface area contributed by atoms with Gasteiger partial charge in [0.05, 0.1) is 13.2 Å². The molecule has 0 aromatic rings. The lowest BCUT2D eigenvalue weighted by Gasteiger charge is -2.03. The molecule has 0 amide bonds. The van der Waals surface area contributed by atoms with E-state index in [9.17, 15) is 4.79 Å². The maximum atomic E-state index is 10.8. The fourth-order valence-corrected chi connectivity index (χ4v) is 1.08. The highest BCUT2D eigenvalue weighted by atomic mass is 35.5. The summed E-state index contributed by atoms with van der Waals surface area (Å²) in [6, 6.07) is 0. The number of unbranched alkanes of at least 4 members (excludes halogenated alkanes) is 3. The number of hydrogen-bond acceptors (Lipinski definition) is 3. The van der Waals surface area contributed by atoms with Crippen LogP contribution in [0, 0.1) is 0 Å². The molecular formula is C10H22ClNO2. The highest BCUT2D eigenvalue weighted by Crippen LogP contribution is 1.96. The number of carbonyl (C=O) groups is 1. The van der Waals surface area contributed by atoms with E-state index in [-0.39, 0.29) is 18.4 Å². The summed E-state index contributed by atoms with van der Waals surface area (Å²) in [5.74, 6) is -0.155. The molecule has 0 aliphatic carbocycles. The first-order valence-corrected chi connectivity index (χ1v) is 5.17. The van der Waals surface area contributed by atoms with Crippen LogP contribution in [-0.2, 0) is 9.53 Å². The van der Waals surface area contributed by atoms with Gasteiger partial charge < -0.3 is 10.1 Å². The lowest BCUT2D eigenvalue weighted by molar-refractivity contribution is -0.141. The van der Waals surface area contributed by atoms with Crippen LogP contribution >= 0.6 is 12.4 Å². The number of carbonyl (C=O) groups excluding carboxylic acids is 1. The van der Waals surface area contributed by atoms with Gasteiger partial charge in [0.2, 0.25) is 0 Å². The van der Waals surface area contributed by atoms with E-state index in [4.69, 9.17) is 4.74 Å². The van der Waals surface area contributed by atoms with Crippen LogP contribution in [0.5, 0.6) is 0 Å². The van der Waals surface area contributed by atoms with E-state index < -0.39 is 0 Å². The number of halogens is 1. The first-order valence-electron chi connectivity index (χ1n) is 5.17. The molecular weight excluding hydrogens is 202 g/mol. The predicted molar refractivity (Wildman–Crippen MR) is 60.9 cm³/mol. The Morgan fingerprint density at radius 1 is 1.21 bits per heavy atom. The Hall–Kier alpha value is -0.280. The molecule has 0 bridgehead atoms. The second-order valence-electron chi connectivity index (χ2n) is 3.04. The minimum Gasteiger partial charge on any atom is -0.465 e. The van der Waals surface area contributed by atoms with Crippen molar-refractivity contribution >= 4 is 18.4 Å². The topological polar surface area (TPSA) is 38.3 Å². The highest BCUT2D eigenvalue weighted by Gasteiger charge is 1.98. The van der Waals surface area contributed by atoms with E-state index in [1.807, 2.05) is 6.92 Å². The van der Waals surface area contributed by atoms with Crippen LogP contribution in [0.3, 0.4) is 0 Å². The summed E-state index contributed by atoms with van der Waals surface area (Å²) in [5, 5.41) is 3.05. The molecule has 0 unspecified atom stereocenters. The van der Waals surface area contributed by atoms with Crippen LogP contribution in [0.1, 0.15) is 39.5 Å². The average Bonchev–Trinajstić information content (AvgIpc) is 2.11. The van der Waals surface area contributed by atoms with Gasteiger partial charge in [-0.1, -0.05) is 26.2 Å². The van der Waals surface area contributed by atoms with Crippen molar-refractivity contribution in [3.05, 3.63) is 0 Å². The Balaban J connectivity index is 0. The van der Waals surface area contributed by atoms with Crippen molar-refractivity contribution in [3.8, 4) is 0 Å². The first kappa shape index (κ1) is 16.2. The maximum absolute atomic E-state index is 10.8. The largest absolute Gasteiger partial charge is 0.465 e. The molecule has 0 fully saturated rings. The van der Waals surface area contributed by atoms with Crippen LogP contribution in [0.4, 0.5) is 0 Å². The highest BCUT2D eigenvalue weighted by molar-refractivity contribution is 5.85. The molecule has 0 aromatic carbocycles. The summed E-state index contributed by atoms with van der Waals surface area (Å²) in [4.78, 5) is 10.8. The molecule has 0 aliphatic heterocycles. The van der Waals surface area contributed by atoms with Crippen molar-refractivity contribution in [2.24, 2.45) is 0 Å². The minimum atomic E-state index is -0.155. The fraction of sp³-hybridized carbons (Fsp3) is 0.900. The summed E-state index contributed by atoms with van der Waals surface area (Å²) in [7, 11) is 0. The van der Waals surface area contributed by atoms with Crippen LogP contribution in [0.2, 0.25) is 0 Å². The van der Waals surface area contributed by atoms with Crippen molar-refractivity contribution in [1.82, 2.24) is 5.32 Å². The van der Waals surface area contributed by atoms with Gasteiger partial charge in [-0.05, 0) is 19.9 Å². The third-order valence-electron chi connectivity index (χ3n) is 1.78. The van der Waals surface area contributed by atoms with E-state index in [1.165, 1.54) is 19.3 Å². The molecule has 0 radical (unpaired) electrons. The molecule has 3 nitrogen and oxygen atoms in total.